The molecular weight excluding hydrogens is 385 g/mol. The molecule has 1 aromatic carbocycles. The van der Waals surface area contributed by atoms with Gasteiger partial charge in [-0.1, -0.05) is 103 Å². The number of allylic oxidation sites excluding steroid dienone is 3. The lowest BCUT2D eigenvalue weighted by Crippen LogP contribution is -2.47. The van der Waals surface area contributed by atoms with Crippen molar-refractivity contribution in [3.8, 4) is 0 Å². The zero-order valence-corrected chi connectivity index (χ0v) is 21.1. The molecule has 0 saturated heterocycles. The van der Waals surface area contributed by atoms with Gasteiger partial charge in [0.05, 0.1) is 0 Å². The van der Waals surface area contributed by atoms with Crippen LogP contribution in [0.25, 0.3) is 5.57 Å². The van der Waals surface area contributed by atoms with Crippen LogP contribution in [-0.2, 0) is 12.7 Å². The maximum absolute atomic E-state index is 4.55. The van der Waals surface area contributed by atoms with Gasteiger partial charge in [-0.2, -0.15) is 0 Å². The number of hydrogen-bond acceptors (Lipinski definition) is 1. The van der Waals surface area contributed by atoms with Crippen LogP contribution in [-0.4, -0.2) is 12.7 Å². The molecule has 1 saturated carbocycles. The fourth-order valence-electron chi connectivity index (χ4n) is 6.11. The topological polar surface area (TPSA) is 12.0 Å². The van der Waals surface area contributed by atoms with E-state index in [2.05, 4.69) is 63.9 Å². The molecule has 0 spiro atoms. The van der Waals surface area contributed by atoms with Crippen molar-refractivity contribution in [1.29, 1.82) is 0 Å². The van der Waals surface area contributed by atoms with Gasteiger partial charge in [-0.15, -0.1) is 0 Å². The molecule has 0 radical (unpaired) electrons. The first-order valence-electron chi connectivity index (χ1n) is 13.3. The molecule has 1 fully saturated rings. The van der Waals surface area contributed by atoms with E-state index in [1.807, 2.05) is 0 Å². The summed E-state index contributed by atoms with van der Waals surface area (Å²) in [6, 6.07) is 6.87. The summed E-state index contributed by atoms with van der Waals surface area (Å²) >= 11 is 0. The molecule has 0 aromatic heterocycles. The van der Waals surface area contributed by atoms with Gasteiger partial charge in [0.15, 0.2) is 6.71 Å². The Morgan fingerprint density at radius 2 is 1.88 bits per heavy atom. The fraction of sp³-hybridized carbons (Fsp3) is 0.600. The van der Waals surface area contributed by atoms with Gasteiger partial charge in [0.1, 0.15) is 0 Å². The highest BCUT2D eigenvalue weighted by molar-refractivity contribution is 6.59. The van der Waals surface area contributed by atoms with E-state index in [0.29, 0.717) is 18.6 Å². The van der Waals surface area contributed by atoms with Gasteiger partial charge in [0.2, 0.25) is 0 Å². The van der Waals surface area contributed by atoms with Crippen LogP contribution in [0.1, 0.15) is 94.7 Å². The Kier molecular flexibility index (Phi) is 9.32. The summed E-state index contributed by atoms with van der Waals surface area (Å²) in [6.45, 7) is 20.8. The molecule has 2 unspecified atom stereocenters. The number of fused-ring (bicyclic) bond motifs is 1. The molecule has 2 aliphatic rings. The first-order valence-corrected chi connectivity index (χ1v) is 13.3. The van der Waals surface area contributed by atoms with E-state index in [1.54, 1.807) is 0 Å². The highest BCUT2D eigenvalue weighted by atomic mass is 14.9. The van der Waals surface area contributed by atoms with Crippen molar-refractivity contribution < 1.29 is 0 Å². The lowest BCUT2D eigenvalue weighted by Gasteiger charge is -2.33. The van der Waals surface area contributed by atoms with Gasteiger partial charge in [-0.25, -0.2) is 0 Å². The second kappa shape index (κ2) is 12.0. The molecule has 1 aliphatic carbocycles. The third-order valence-corrected chi connectivity index (χ3v) is 7.78. The van der Waals surface area contributed by atoms with Gasteiger partial charge in [-0.3, -0.25) is 0 Å². The van der Waals surface area contributed by atoms with Crippen LogP contribution in [0.2, 0.25) is 6.82 Å². The van der Waals surface area contributed by atoms with Crippen molar-refractivity contribution in [2.45, 2.75) is 104 Å². The molecular formula is C30H46BN. The Morgan fingerprint density at radius 3 is 2.59 bits per heavy atom. The van der Waals surface area contributed by atoms with Crippen molar-refractivity contribution in [2.24, 2.45) is 11.8 Å². The summed E-state index contributed by atoms with van der Waals surface area (Å²) in [5.74, 6) is 2.00. The maximum atomic E-state index is 4.55. The molecule has 0 bridgehead atoms. The highest BCUT2D eigenvalue weighted by Gasteiger charge is 2.30. The molecule has 0 amide bonds. The number of nitrogens with one attached hydrogen (secondary N) is 1. The summed E-state index contributed by atoms with van der Waals surface area (Å²) in [6.07, 6.45) is 15.0. The molecule has 1 aliphatic heterocycles. The second-order valence-corrected chi connectivity index (χ2v) is 11.0. The lowest BCUT2D eigenvalue weighted by atomic mass is 9.39. The highest BCUT2D eigenvalue weighted by Crippen LogP contribution is 2.34. The molecule has 2 heteroatoms. The van der Waals surface area contributed by atoms with E-state index >= 15 is 0 Å². The monoisotopic (exact) mass is 431 g/mol. The molecule has 1 nitrogen and oxygen atoms in total. The minimum absolute atomic E-state index is 0.493. The summed E-state index contributed by atoms with van der Waals surface area (Å²) < 4.78 is 0. The molecule has 1 aromatic rings. The van der Waals surface area contributed by atoms with E-state index in [0.717, 1.165) is 44.3 Å². The summed E-state index contributed by atoms with van der Waals surface area (Å²) in [5.41, 5.74) is 8.41. The standard InChI is InChI=1S/C30H46BN/c1-7-12-25(5)32-30-20-27-15-11-16-28(29(27)21-31(30)6)24(4)18-22(2)17-23(3)19-26-13-9-8-10-14-26/h11,15-16,22,26,30,32H,3-5,7-10,12-14,17-21H2,1-2,6H3. The Labute approximate surface area is 198 Å². The van der Waals surface area contributed by atoms with Crippen LogP contribution in [0.4, 0.5) is 0 Å². The SMILES string of the molecule is C=C(CC(C)CC(=C)c1cccc2c1CB(C)C(NC(=C)CCC)C2)CC1CCCCC1. The lowest BCUT2D eigenvalue weighted by molar-refractivity contribution is 0.350. The third-order valence-electron chi connectivity index (χ3n) is 7.78. The summed E-state index contributed by atoms with van der Waals surface area (Å²) in [4.78, 5) is 0. The first kappa shape index (κ1) is 24.9. The van der Waals surface area contributed by atoms with Gasteiger partial charge in [0, 0.05) is 11.6 Å². The number of hydrogen-bond donors (Lipinski definition) is 1. The van der Waals surface area contributed by atoms with Gasteiger partial charge in [-0.05, 0) is 72.5 Å². The number of benzene rings is 1. The first-order chi connectivity index (χ1) is 15.4. The van der Waals surface area contributed by atoms with Crippen molar-refractivity contribution in [2.75, 3.05) is 0 Å². The predicted molar refractivity (Wildman–Crippen MR) is 144 cm³/mol. The number of rotatable bonds is 11. The molecule has 2 atom stereocenters. The minimum Gasteiger partial charge on any atom is -0.393 e. The Balaban J connectivity index is 1.58. The average Bonchev–Trinajstić information content (AvgIpc) is 2.74. The van der Waals surface area contributed by atoms with E-state index in [9.17, 15) is 0 Å². The van der Waals surface area contributed by atoms with Crippen LogP contribution < -0.4 is 5.32 Å². The van der Waals surface area contributed by atoms with E-state index in [-0.39, 0.29) is 0 Å². The van der Waals surface area contributed by atoms with Crippen molar-refractivity contribution in [3.63, 3.8) is 0 Å². The van der Waals surface area contributed by atoms with E-state index in [4.69, 9.17) is 0 Å². The summed E-state index contributed by atoms with van der Waals surface area (Å²) in [7, 11) is 0. The Hall–Kier alpha value is -1.70. The molecule has 1 N–H and O–H groups in total. The van der Waals surface area contributed by atoms with Crippen molar-refractivity contribution in [1.82, 2.24) is 5.32 Å². The molecule has 3 rings (SSSR count). The van der Waals surface area contributed by atoms with Crippen LogP contribution in [0, 0.1) is 11.8 Å². The molecule has 1 heterocycles. The van der Waals surface area contributed by atoms with E-state index < -0.39 is 0 Å². The van der Waals surface area contributed by atoms with Crippen LogP contribution in [0.15, 0.2) is 49.2 Å². The van der Waals surface area contributed by atoms with E-state index in [1.165, 1.54) is 72.1 Å². The van der Waals surface area contributed by atoms with Gasteiger partial charge in [0.25, 0.3) is 0 Å². The zero-order chi connectivity index (χ0) is 23.1. The van der Waals surface area contributed by atoms with Crippen LogP contribution >= 0.6 is 0 Å². The van der Waals surface area contributed by atoms with Crippen molar-refractivity contribution >= 4 is 12.3 Å². The predicted octanol–water partition coefficient (Wildman–Crippen LogP) is 8.22. The molecule has 32 heavy (non-hydrogen) atoms. The zero-order valence-electron chi connectivity index (χ0n) is 21.1. The Bertz CT molecular complexity index is 801. The van der Waals surface area contributed by atoms with Crippen molar-refractivity contribution in [3.05, 3.63) is 65.9 Å². The average molecular weight is 432 g/mol. The third kappa shape index (κ3) is 6.90. The quantitative estimate of drug-likeness (QED) is 0.275. The maximum Gasteiger partial charge on any atom is 0.168 e. The summed E-state index contributed by atoms with van der Waals surface area (Å²) in [5, 5.41) is 3.72. The van der Waals surface area contributed by atoms with Crippen LogP contribution in [0.3, 0.4) is 0 Å². The smallest absolute Gasteiger partial charge is 0.168 e. The van der Waals surface area contributed by atoms with Crippen LogP contribution in [0.5, 0.6) is 0 Å². The van der Waals surface area contributed by atoms with Gasteiger partial charge >= 0.3 is 0 Å². The largest absolute Gasteiger partial charge is 0.393 e. The minimum atomic E-state index is 0.493. The molecule has 174 valence electrons. The fourth-order valence-corrected chi connectivity index (χ4v) is 6.11. The van der Waals surface area contributed by atoms with Gasteiger partial charge < -0.3 is 5.32 Å². The normalized spacial score (nSPS) is 19.8. The Morgan fingerprint density at radius 1 is 1.12 bits per heavy atom. The second-order valence-electron chi connectivity index (χ2n) is 11.0.